The van der Waals surface area contributed by atoms with Crippen molar-refractivity contribution in [3.63, 3.8) is 0 Å². The number of halogens is 3. The molecule has 0 heterocycles. The first-order chi connectivity index (χ1) is 9.33. The summed E-state index contributed by atoms with van der Waals surface area (Å²) in [6, 6.07) is 8.02. The zero-order chi connectivity index (χ0) is 15.2. The van der Waals surface area contributed by atoms with Crippen LogP contribution in [0.5, 0.6) is 0 Å². The van der Waals surface area contributed by atoms with Crippen LogP contribution in [0.25, 0.3) is 0 Å². The van der Waals surface area contributed by atoms with Crippen LogP contribution >= 0.6 is 0 Å². The second-order valence-corrected chi connectivity index (χ2v) is 4.02. The summed E-state index contributed by atoms with van der Waals surface area (Å²) in [6.45, 7) is 3.60. The molecular weight excluding hydrogens is 509 g/mol. The zero-order valence-corrected chi connectivity index (χ0v) is 15.1. The monoisotopic (exact) mass is 521 g/mol. The third-order valence-corrected chi connectivity index (χ3v) is 2.43. The fraction of sp³-hybridized carbons (Fsp3) is 0.214. The summed E-state index contributed by atoms with van der Waals surface area (Å²) in [5.41, 5.74) is 0.806. The van der Waals surface area contributed by atoms with Gasteiger partial charge in [-0.05, 0) is 12.0 Å². The number of carbonyl (C=O) groups excluding carboxylic acids is 2. The predicted octanol–water partition coefficient (Wildman–Crippen LogP) is 2.45. The molecule has 0 aromatic heterocycles. The van der Waals surface area contributed by atoms with E-state index in [2.05, 4.69) is 6.92 Å². The first-order valence-electron chi connectivity index (χ1n) is 5.67. The van der Waals surface area contributed by atoms with Crippen LogP contribution in [0, 0.1) is 38.0 Å². The van der Waals surface area contributed by atoms with Gasteiger partial charge < -0.3 is 21.4 Å². The second-order valence-electron chi connectivity index (χ2n) is 4.02. The zero-order valence-electron chi connectivity index (χ0n) is 10.9. The number of imide groups is 1. The van der Waals surface area contributed by atoms with Gasteiger partial charge in [0.25, 0.3) is 0 Å². The van der Waals surface area contributed by atoms with Gasteiger partial charge in [0.2, 0.25) is 0 Å². The maximum Gasteiger partial charge on any atom is 2.00 e. The van der Waals surface area contributed by atoms with Crippen LogP contribution in [0.1, 0.15) is 5.56 Å². The molecule has 0 radical (unpaired) electrons. The van der Waals surface area contributed by atoms with Gasteiger partial charge in [-0.25, -0.2) is 0 Å². The number of hydrogen-bond donors (Lipinski definition) is 0. The van der Waals surface area contributed by atoms with E-state index in [9.17, 15) is 22.8 Å². The summed E-state index contributed by atoms with van der Waals surface area (Å²) in [6.07, 6.45) is -3.00. The molecule has 0 aliphatic heterocycles. The molecule has 110 valence electrons. The Morgan fingerprint density at radius 3 is 2.38 bits per heavy atom. The Kier molecular flexibility index (Phi) is 8.60. The molecule has 0 unspecified atom stereocenters. The minimum absolute atomic E-state index is 0. The number of alkyl halides is 3. The molecule has 0 aliphatic carbocycles. The number of allylic oxidation sites excluding steroid dienone is 1. The fourth-order valence-electron chi connectivity index (χ4n) is 1.52. The minimum atomic E-state index is -4.61. The van der Waals surface area contributed by atoms with E-state index in [-0.39, 0.29) is 49.7 Å². The number of rotatable bonds is 5. The topological polar surface area (TPSA) is 37.4 Å². The van der Waals surface area contributed by atoms with Crippen molar-refractivity contribution in [2.24, 2.45) is 0 Å². The van der Waals surface area contributed by atoms with Crippen LogP contribution in [-0.2, 0) is 16.0 Å². The quantitative estimate of drug-likeness (QED) is 0.340. The van der Waals surface area contributed by atoms with E-state index >= 15 is 0 Å². The van der Waals surface area contributed by atoms with Crippen molar-refractivity contribution in [2.45, 2.75) is 18.6 Å². The maximum absolute atomic E-state index is 12.0. The molecule has 0 bridgehead atoms. The van der Waals surface area contributed by atoms with Crippen LogP contribution in [0.4, 0.5) is 13.2 Å². The summed E-state index contributed by atoms with van der Waals surface area (Å²) in [5, 5.41) is 0. The third kappa shape index (κ3) is 7.49. The maximum atomic E-state index is 12.0. The molecule has 21 heavy (non-hydrogen) atoms. The molecule has 1 rings (SSSR count). The van der Waals surface area contributed by atoms with Crippen LogP contribution in [0.2, 0.25) is 0 Å². The smallest absolute Gasteiger partial charge is 0.469 e. The SMILES string of the molecule is [CH2-][C@H](Cc1ccccc1)N([C-]=O)C(=O)/C=C/C(F)(F)F.[U+2]. The summed E-state index contributed by atoms with van der Waals surface area (Å²) >= 11 is 0. The number of amides is 2. The van der Waals surface area contributed by atoms with Crippen molar-refractivity contribution >= 4 is 12.3 Å². The van der Waals surface area contributed by atoms with E-state index in [1.54, 1.807) is 30.3 Å². The molecular formula is C14H12F3NO2U. The Morgan fingerprint density at radius 2 is 1.90 bits per heavy atom. The van der Waals surface area contributed by atoms with Crippen LogP contribution < -0.4 is 0 Å². The second kappa shape index (κ2) is 9.06. The van der Waals surface area contributed by atoms with Crippen molar-refractivity contribution < 1.29 is 53.9 Å². The van der Waals surface area contributed by atoms with Crippen molar-refractivity contribution in [1.29, 1.82) is 0 Å². The van der Waals surface area contributed by atoms with Gasteiger partial charge >= 0.3 is 37.3 Å². The summed E-state index contributed by atoms with van der Waals surface area (Å²) in [7, 11) is 0. The summed E-state index contributed by atoms with van der Waals surface area (Å²) in [4.78, 5) is 22.7. The fourth-order valence-corrected chi connectivity index (χ4v) is 1.52. The van der Waals surface area contributed by atoms with Crippen molar-refractivity contribution in [1.82, 2.24) is 4.90 Å². The summed E-state index contributed by atoms with van der Waals surface area (Å²) in [5.74, 6) is -1.10. The predicted molar refractivity (Wildman–Crippen MR) is 67.0 cm³/mol. The first kappa shape index (κ1) is 19.9. The molecule has 1 atom stereocenters. The Hall–Kier alpha value is -1.06. The van der Waals surface area contributed by atoms with E-state index in [4.69, 9.17) is 0 Å². The van der Waals surface area contributed by atoms with E-state index in [1.165, 1.54) is 6.41 Å². The standard InChI is InChI=1S/C14H12F3NO2.U/c1-11(9-12-5-3-2-4-6-12)18(10-19)13(20)7-8-14(15,16)17;/h2-8,11H,1,9H2;/q-2;+2/b8-7+;/t11-;/m1./s1. The Morgan fingerprint density at radius 1 is 1.33 bits per heavy atom. The molecule has 0 fully saturated rings. The van der Waals surface area contributed by atoms with E-state index < -0.39 is 18.1 Å². The Bertz CT molecular complexity index is 489. The van der Waals surface area contributed by atoms with E-state index in [1.807, 2.05) is 0 Å². The normalized spacial score (nSPS) is 12.6. The summed E-state index contributed by atoms with van der Waals surface area (Å²) < 4.78 is 35.9. The van der Waals surface area contributed by atoms with Crippen molar-refractivity contribution in [2.75, 3.05) is 0 Å². The van der Waals surface area contributed by atoms with Gasteiger partial charge in [0.15, 0.2) is 0 Å². The van der Waals surface area contributed by atoms with E-state index in [0.717, 1.165) is 5.56 Å². The van der Waals surface area contributed by atoms with Gasteiger partial charge in [0, 0.05) is 6.08 Å². The first-order valence-corrected chi connectivity index (χ1v) is 5.67. The Balaban J connectivity index is 0.00000400. The molecule has 7 heteroatoms. The largest absolute Gasteiger partial charge is 2.00 e. The molecule has 3 nitrogen and oxygen atoms in total. The van der Waals surface area contributed by atoms with E-state index in [0.29, 0.717) is 4.90 Å². The van der Waals surface area contributed by atoms with Crippen LogP contribution in [0.15, 0.2) is 42.5 Å². The molecule has 0 aliphatic rings. The van der Waals surface area contributed by atoms with Crippen LogP contribution in [0.3, 0.4) is 0 Å². The van der Waals surface area contributed by atoms with Crippen molar-refractivity contribution in [3.8, 4) is 0 Å². The van der Waals surface area contributed by atoms with Gasteiger partial charge in [-0.2, -0.15) is 13.2 Å². The van der Waals surface area contributed by atoms with Gasteiger partial charge in [-0.15, -0.1) is 6.04 Å². The molecule has 2 amide bonds. The van der Waals surface area contributed by atoms with Crippen LogP contribution in [-0.4, -0.2) is 29.4 Å². The average Bonchev–Trinajstić information content (AvgIpc) is 2.37. The number of nitrogens with zero attached hydrogens (tertiary/aromatic N) is 1. The van der Waals surface area contributed by atoms with Gasteiger partial charge in [-0.3, -0.25) is 0 Å². The van der Waals surface area contributed by atoms with Gasteiger partial charge in [0.1, 0.15) is 0 Å². The molecule has 0 spiro atoms. The Labute approximate surface area is 144 Å². The number of hydrogen-bond acceptors (Lipinski definition) is 2. The van der Waals surface area contributed by atoms with Gasteiger partial charge in [0.05, 0.1) is 12.3 Å². The molecule has 0 saturated heterocycles. The molecule has 0 saturated carbocycles. The average molecular weight is 521 g/mol. The molecule has 0 N–H and O–H groups in total. The molecule has 1 aromatic rings. The number of carbonyl (C=O) groups is 1. The number of benzene rings is 1. The third-order valence-electron chi connectivity index (χ3n) is 2.43. The van der Waals surface area contributed by atoms with Gasteiger partial charge in [-0.1, -0.05) is 36.4 Å². The minimum Gasteiger partial charge on any atom is -0.469 e. The van der Waals surface area contributed by atoms with Crippen molar-refractivity contribution in [3.05, 3.63) is 55.0 Å². The molecule has 1 aromatic carbocycles.